The number of carbonyl (C=O) groups is 3. The number of carboxylic acids is 2. The zero-order valence-electron chi connectivity index (χ0n) is 16.1. The second-order valence-corrected chi connectivity index (χ2v) is 7.16. The largest absolute Gasteiger partial charge is 0.481 e. The van der Waals surface area contributed by atoms with E-state index in [2.05, 4.69) is 0 Å². The molecule has 1 rings (SSSR count). The van der Waals surface area contributed by atoms with Gasteiger partial charge in [-0.15, -0.1) is 0 Å². The van der Waals surface area contributed by atoms with Gasteiger partial charge >= 0.3 is 17.9 Å². The van der Waals surface area contributed by atoms with Gasteiger partial charge < -0.3 is 14.9 Å². The van der Waals surface area contributed by atoms with Crippen LogP contribution in [0.3, 0.4) is 0 Å². The van der Waals surface area contributed by atoms with Crippen LogP contribution in [0.2, 0.25) is 0 Å². The predicted octanol–water partition coefficient (Wildman–Crippen LogP) is 4.24. The van der Waals surface area contributed by atoms with Gasteiger partial charge in [0.2, 0.25) is 0 Å². The lowest BCUT2D eigenvalue weighted by Crippen LogP contribution is -2.16. The standard InChI is InChI=1S/C21H30O6/c1-15(2)27-21(26)14-18(17-6-4-3-5-7-17)11-8-16(9-12-19(22)23)10-13-20(24)25/h3-7,15-16,18H,8-14H2,1-2H3,(H,22,23)(H,24,25). The van der Waals surface area contributed by atoms with Crippen LogP contribution in [0.5, 0.6) is 0 Å². The van der Waals surface area contributed by atoms with Crippen molar-refractivity contribution in [2.45, 2.75) is 70.8 Å². The first kappa shape index (κ1) is 22.7. The molecule has 0 radical (unpaired) electrons. The van der Waals surface area contributed by atoms with Crippen molar-refractivity contribution in [3.8, 4) is 0 Å². The lowest BCUT2D eigenvalue weighted by Gasteiger charge is -2.21. The Bertz CT molecular complexity index is 578. The number of hydrogen-bond donors (Lipinski definition) is 2. The van der Waals surface area contributed by atoms with Crippen LogP contribution in [0.15, 0.2) is 30.3 Å². The fraction of sp³-hybridized carbons (Fsp3) is 0.571. The van der Waals surface area contributed by atoms with E-state index in [1.807, 2.05) is 44.2 Å². The Morgan fingerprint density at radius 2 is 1.44 bits per heavy atom. The first-order valence-corrected chi connectivity index (χ1v) is 9.46. The summed E-state index contributed by atoms with van der Waals surface area (Å²) in [6.07, 6.45) is 2.38. The number of carboxylic acid groups (broad SMARTS) is 2. The van der Waals surface area contributed by atoms with Crippen molar-refractivity contribution < 1.29 is 29.3 Å². The highest BCUT2D eigenvalue weighted by molar-refractivity contribution is 5.70. The highest BCUT2D eigenvalue weighted by Gasteiger charge is 2.21. The first-order valence-electron chi connectivity index (χ1n) is 9.46. The van der Waals surface area contributed by atoms with Crippen molar-refractivity contribution in [3.63, 3.8) is 0 Å². The van der Waals surface area contributed by atoms with E-state index in [9.17, 15) is 14.4 Å². The van der Waals surface area contributed by atoms with Crippen LogP contribution in [0, 0.1) is 5.92 Å². The Labute approximate surface area is 160 Å². The fourth-order valence-corrected chi connectivity index (χ4v) is 3.15. The van der Waals surface area contributed by atoms with E-state index in [-0.39, 0.29) is 43.2 Å². The Kier molecular flexibility index (Phi) is 10.2. The molecule has 0 heterocycles. The maximum Gasteiger partial charge on any atom is 0.306 e. The van der Waals surface area contributed by atoms with E-state index in [1.54, 1.807) is 0 Å². The molecule has 6 heteroatoms. The smallest absolute Gasteiger partial charge is 0.306 e. The van der Waals surface area contributed by atoms with Crippen molar-refractivity contribution in [1.29, 1.82) is 0 Å². The zero-order chi connectivity index (χ0) is 20.2. The van der Waals surface area contributed by atoms with Gasteiger partial charge in [-0.05, 0) is 56.9 Å². The maximum atomic E-state index is 12.1. The normalized spacial score (nSPS) is 12.1. The van der Waals surface area contributed by atoms with Crippen LogP contribution in [0.25, 0.3) is 0 Å². The summed E-state index contributed by atoms with van der Waals surface area (Å²) in [6, 6.07) is 9.69. The van der Waals surface area contributed by atoms with Crippen LogP contribution in [0.1, 0.15) is 70.3 Å². The molecular weight excluding hydrogens is 348 g/mol. The Hall–Kier alpha value is -2.37. The van der Waals surface area contributed by atoms with E-state index >= 15 is 0 Å². The van der Waals surface area contributed by atoms with Crippen molar-refractivity contribution >= 4 is 17.9 Å². The average molecular weight is 378 g/mol. The van der Waals surface area contributed by atoms with E-state index in [1.165, 1.54) is 0 Å². The average Bonchev–Trinajstić information content (AvgIpc) is 2.59. The minimum Gasteiger partial charge on any atom is -0.481 e. The molecule has 27 heavy (non-hydrogen) atoms. The van der Waals surface area contributed by atoms with Gasteiger partial charge in [0.15, 0.2) is 0 Å². The molecule has 0 aliphatic heterocycles. The van der Waals surface area contributed by atoms with Crippen molar-refractivity contribution in [2.24, 2.45) is 5.92 Å². The van der Waals surface area contributed by atoms with Gasteiger partial charge in [-0.25, -0.2) is 0 Å². The Morgan fingerprint density at radius 3 is 1.93 bits per heavy atom. The number of aliphatic carboxylic acids is 2. The first-order chi connectivity index (χ1) is 12.8. The van der Waals surface area contributed by atoms with E-state index in [4.69, 9.17) is 14.9 Å². The number of rotatable bonds is 13. The molecule has 0 aromatic heterocycles. The lowest BCUT2D eigenvalue weighted by molar-refractivity contribution is -0.148. The second-order valence-electron chi connectivity index (χ2n) is 7.16. The molecule has 2 N–H and O–H groups in total. The van der Waals surface area contributed by atoms with Gasteiger partial charge in [0.05, 0.1) is 12.5 Å². The summed E-state index contributed by atoms with van der Waals surface area (Å²) in [5.41, 5.74) is 1.04. The quantitative estimate of drug-likeness (QED) is 0.498. The topological polar surface area (TPSA) is 101 Å². The highest BCUT2D eigenvalue weighted by atomic mass is 16.5. The molecule has 0 saturated heterocycles. The number of benzene rings is 1. The maximum absolute atomic E-state index is 12.1. The van der Waals surface area contributed by atoms with E-state index in [0.717, 1.165) is 5.56 Å². The summed E-state index contributed by atoms with van der Waals surface area (Å²) >= 11 is 0. The molecular formula is C21H30O6. The van der Waals surface area contributed by atoms with Crippen molar-refractivity contribution in [2.75, 3.05) is 0 Å². The molecule has 0 aliphatic carbocycles. The fourth-order valence-electron chi connectivity index (χ4n) is 3.15. The predicted molar refractivity (Wildman–Crippen MR) is 101 cm³/mol. The van der Waals surface area contributed by atoms with Crippen LogP contribution in [-0.2, 0) is 19.1 Å². The molecule has 0 saturated carbocycles. The van der Waals surface area contributed by atoms with Gasteiger partial charge in [-0.2, -0.15) is 0 Å². The molecule has 1 aromatic rings. The summed E-state index contributed by atoms with van der Waals surface area (Å²) in [5.74, 6) is -2.04. The molecule has 0 aliphatic rings. The summed E-state index contributed by atoms with van der Waals surface area (Å²) in [4.78, 5) is 33.9. The van der Waals surface area contributed by atoms with Gasteiger partial charge in [-0.1, -0.05) is 30.3 Å². The lowest BCUT2D eigenvalue weighted by atomic mass is 9.85. The molecule has 0 spiro atoms. The minimum absolute atomic E-state index is 0.00420. The molecule has 0 fully saturated rings. The molecule has 0 bridgehead atoms. The van der Waals surface area contributed by atoms with Crippen LogP contribution < -0.4 is 0 Å². The summed E-state index contributed by atoms with van der Waals surface area (Å²) in [7, 11) is 0. The van der Waals surface area contributed by atoms with Gasteiger partial charge in [0.25, 0.3) is 0 Å². The molecule has 1 atom stereocenters. The molecule has 1 aromatic carbocycles. The Morgan fingerprint density at radius 1 is 0.889 bits per heavy atom. The van der Waals surface area contributed by atoms with Crippen LogP contribution >= 0.6 is 0 Å². The van der Waals surface area contributed by atoms with E-state index in [0.29, 0.717) is 25.7 Å². The van der Waals surface area contributed by atoms with Crippen LogP contribution in [0.4, 0.5) is 0 Å². The highest BCUT2D eigenvalue weighted by Crippen LogP contribution is 2.30. The summed E-state index contributed by atoms with van der Waals surface area (Å²) in [5, 5.41) is 17.8. The van der Waals surface area contributed by atoms with Crippen LogP contribution in [-0.4, -0.2) is 34.2 Å². The number of carbonyl (C=O) groups excluding carboxylic acids is 1. The van der Waals surface area contributed by atoms with Crippen molar-refractivity contribution in [1.82, 2.24) is 0 Å². The molecule has 0 amide bonds. The molecule has 150 valence electrons. The summed E-state index contributed by atoms with van der Waals surface area (Å²) in [6.45, 7) is 3.62. The van der Waals surface area contributed by atoms with Gasteiger partial charge in [0.1, 0.15) is 0 Å². The number of esters is 1. The third-order valence-corrected chi connectivity index (χ3v) is 4.51. The Balaban J connectivity index is 2.76. The van der Waals surface area contributed by atoms with E-state index < -0.39 is 11.9 Å². The summed E-state index contributed by atoms with van der Waals surface area (Å²) < 4.78 is 5.27. The third kappa shape index (κ3) is 10.4. The number of hydrogen-bond acceptors (Lipinski definition) is 4. The molecule has 1 unspecified atom stereocenters. The third-order valence-electron chi connectivity index (χ3n) is 4.51. The monoisotopic (exact) mass is 378 g/mol. The SMILES string of the molecule is CC(C)OC(=O)CC(CCC(CCC(=O)O)CCC(=O)O)c1ccccc1. The zero-order valence-corrected chi connectivity index (χ0v) is 16.1. The van der Waals surface area contributed by atoms with Gasteiger partial charge in [-0.3, -0.25) is 14.4 Å². The number of ether oxygens (including phenoxy) is 1. The van der Waals surface area contributed by atoms with Crippen molar-refractivity contribution in [3.05, 3.63) is 35.9 Å². The second kappa shape index (κ2) is 12.1. The minimum atomic E-state index is -0.879. The van der Waals surface area contributed by atoms with Gasteiger partial charge in [0, 0.05) is 12.8 Å². The molecule has 6 nitrogen and oxygen atoms in total.